The van der Waals surface area contributed by atoms with Gasteiger partial charge in [-0.1, -0.05) is 6.07 Å². The van der Waals surface area contributed by atoms with Crippen LogP contribution >= 0.6 is 11.3 Å². The maximum absolute atomic E-state index is 13.7. The number of aryl methyl sites for hydroxylation is 1. The van der Waals surface area contributed by atoms with Gasteiger partial charge in [0, 0.05) is 11.1 Å². The smallest absolute Gasteiger partial charge is 0.142 e. The van der Waals surface area contributed by atoms with Crippen molar-refractivity contribution in [1.29, 1.82) is 5.26 Å². The number of thiazole rings is 1. The number of aromatic nitrogens is 2. The molecule has 5 heteroatoms. The number of fused-ring (bicyclic) bond motifs is 1. The van der Waals surface area contributed by atoms with Crippen LogP contribution in [0.5, 0.6) is 0 Å². The van der Waals surface area contributed by atoms with Crippen LogP contribution in [0.3, 0.4) is 0 Å². The number of nitrogens with zero attached hydrogens (tertiary/aromatic N) is 3. The Labute approximate surface area is 143 Å². The van der Waals surface area contributed by atoms with Gasteiger partial charge in [0.25, 0.3) is 0 Å². The SMILES string of the molecule is N#Cc1cc(F)cc(C2CCc3nc(-c4ccccn4)sc3C2)c1. The van der Waals surface area contributed by atoms with Crippen LogP contribution in [0.4, 0.5) is 4.39 Å². The second-order valence-corrected chi connectivity index (χ2v) is 7.01. The van der Waals surface area contributed by atoms with E-state index in [0.29, 0.717) is 5.56 Å². The Hall–Kier alpha value is -2.58. The quantitative estimate of drug-likeness (QED) is 0.693. The molecule has 24 heavy (non-hydrogen) atoms. The predicted octanol–water partition coefficient (Wildman–Crippen LogP) is 4.49. The minimum absolute atomic E-state index is 0.234. The number of nitriles is 1. The molecule has 0 spiro atoms. The second kappa shape index (κ2) is 6.14. The second-order valence-electron chi connectivity index (χ2n) is 5.93. The van der Waals surface area contributed by atoms with E-state index in [1.165, 1.54) is 10.9 Å². The normalized spacial score (nSPS) is 16.4. The van der Waals surface area contributed by atoms with E-state index in [1.807, 2.05) is 24.3 Å². The van der Waals surface area contributed by atoms with Gasteiger partial charge in [0.15, 0.2) is 0 Å². The summed E-state index contributed by atoms with van der Waals surface area (Å²) < 4.78 is 13.7. The molecule has 2 heterocycles. The first-order chi connectivity index (χ1) is 11.7. The van der Waals surface area contributed by atoms with Gasteiger partial charge in [0.05, 0.1) is 23.0 Å². The van der Waals surface area contributed by atoms with Gasteiger partial charge in [0.1, 0.15) is 10.8 Å². The zero-order valence-electron chi connectivity index (χ0n) is 12.9. The minimum Gasteiger partial charge on any atom is -0.254 e. The first-order valence-electron chi connectivity index (χ1n) is 7.83. The van der Waals surface area contributed by atoms with Crippen LogP contribution in [0.2, 0.25) is 0 Å². The fourth-order valence-electron chi connectivity index (χ4n) is 3.17. The third kappa shape index (κ3) is 2.81. The lowest BCUT2D eigenvalue weighted by atomic mass is 9.85. The number of hydrogen-bond donors (Lipinski definition) is 0. The lowest BCUT2D eigenvalue weighted by Gasteiger charge is -2.21. The van der Waals surface area contributed by atoms with Crippen LogP contribution in [-0.2, 0) is 12.8 Å². The zero-order valence-corrected chi connectivity index (χ0v) is 13.7. The van der Waals surface area contributed by atoms with Gasteiger partial charge in [0.2, 0.25) is 0 Å². The Bertz CT molecular complexity index is 928. The monoisotopic (exact) mass is 335 g/mol. The Morgan fingerprint density at radius 2 is 2.17 bits per heavy atom. The fourth-order valence-corrected chi connectivity index (χ4v) is 4.34. The summed E-state index contributed by atoms with van der Waals surface area (Å²) in [5.41, 5.74) is 3.32. The lowest BCUT2D eigenvalue weighted by molar-refractivity contribution is 0.573. The molecule has 3 aromatic rings. The van der Waals surface area contributed by atoms with Crippen molar-refractivity contribution in [2.45, 2.75) is 25.2 Å². The molecule has 0 fully saturated rings. The summed E-state index contributed by atoms with van der Waals surface area (Å²) in [4.78, 5) is 10.3. The summed E-state index contributed by atoms with van der Waals surface area (Å²) in [5.74, 6) is -0.106. The minimum atomic E-state index is -0.340. The van der Waals surface area contributed by atoms with Crippen LogP contribution in [0, 0.1) is 17.1 Å². The Morgan fingerprint density at radius 1 is 1.25 bits per heavy atom. The molecule has 1 aliphatic carbocycles. The molecule has 1 atom stereocenters. The van der Waals surface area contributed by atoms with Crippen molar-refractivity contribution >= 4 is 11.3 Å². The number of rotatable bonds is 2. The number of pyridine rings is 1. The zero-order chi connectivity index (χ0) is 16.5. The van der Waals surface area contributed by atoms with Crippen LogP contribution in [0.1, 0.15) is 34.0 Å². The number of halogens is 1. The van der Waals surface area contributed by atoms with Crippen LogP contribution < -0.4 is 0 Å². The van der Waals surface area contributed by atoms with Gasteiger partial charge < -0.3 is 0 Å². The molecule has 1 aliphatic rings. The highest BCUT2D eigenvalue weighted by Gasteiger charge is 2.25. The summed E-state index contributed by atoms with van der Waals surface area (Å²) in [6.45, 7) is 0. The van der Waals surface area contributed by atoms with Crippen molar-refractivity contribution < 1.29 is 4.39 Å². The average Bonchev–Trinajstić information content (AvgIpc) is 3.05. The van der Waals surface area contributed by atoms with Crippen LogP contribution in [0.15, 0.2) is 42.6 Å². The molecule has 4 rings (SSSR count). The van der Waals surface area contributed by atoms with Crippen LogP contribution in [-0.4, -0.2) is 9.97 Å². The fraction of sp³-hybridized carbons (Fsp3) is 0.211. The highest BCUT2D eigenvalue weighted by Crippen LogP contribution is 2.38. The largest absolute Gasteiger partial charge is 0.254 e. The third-order valence-corrected chi connectivity index (χ3v) is 5.49. The first kappa shape index (κ1) is 15.0. The first-order valence-corrected chi connectivity index (χ1v) is 8.65. The number of hydrogen-bond acceptors (Lipinski definition) is 4. The van der Waals surface area contributed by atoms with Crippen molar-refractivity contribution in [1.82, 2.24) is 9.97 Å². The number of benzene rings is 1. The van der Waals surface area contributed by atoms with Crippen molar-refractivity contribution in [2.24, 2.45) is 0 Å². The lowest BCUT2D eigenvalue weighted by Crippen LogP contribution is -2.11. The highest BCUT2D eigenvalue weighted by atomic mass is 32.1. The van der Waals surface area contributed by atoms with E-state index in [1.54, 1.807) is 29.7 Å². The van der Waals surface area contributed by atoms with Gasteiger partial charge in [-0.05, 0) is 61.1 Å². The molecule has 0 bridgehead atoms. The van der Waals surface area contributed by atoms with E-state index in [4.69, 9.17) is 10.2 Å². The van der Waals surface area contributed by atoms with Gasteiger partial charge >= 0.3 is 0 Å². The summed E-state index contributed by atoms with van der Waals surface area (Å²) >= 11 is 1.67. The summed E-state index contributed by atoms with van der Waals surface area (Å²) in [6, 6.07) is 12.5. The Balaban J connectivity index is 1.64. The molecule has 2 aromatic heterocycles. The molecular weight excluding hydrogens is 321 g/mol. The Kier molecular flexibility index (Phi) is 3.83. The molecule has 1 unspecified atom stereocenters. The van der Waals surface area contributed by atoms with Gasteiger partial charge in [-0.2, -0.15) is 5.26 Å². The summed E-state index contributed by atoms with van der Waals surface area (Å²) in [7, 11) is 0. The van der Waals surface area contributed by atoms with E-state index in [0.717, 1.165) is 41.2 Å². The van der Waals surface area contributed by atoms with Crippen molar-refractivity contribution in [3.8, 4) is 16.8 Å². The Morgan fingerprint density at radius 3 is 2.96 bits per heavy atom. The molecular formula is C19H14FN3S. The topological polar surface area (TPSA) is 49.6 Å². The van der Waals surface area contributed by atoms with Crippen molar-refractivity contribution in [2.75, 3.05) is 0 Å². The molecule has 0 aliphatic heterocycles. The molecule has 118 valence electrons. The maximum Gasteiger partial charge on any atom is 0.142 e. The van der Waals surface area contributed by atoms with E-state index in [9.17, 15) is 4.39 Å². The standard InChI is InChI=1S/C19H14FN3S/c20-15-8-12(11-21)7-14(9-15)13-4-5-16-18(10-13)24-19(23-16)17-3-1-2-6-22-17/h1-3,6-9,13H,4-5,10H2. The third-order valence-electron chi connectivity index (χ3n) is 4.34. The summed E-state index contributed by atoms with van der Waals surface area (Å²) in [6.07, 6.45) is 4.41. The van der Waals surface area contributed by atoms with Gasteiger partial charge in [-0.25, -0.2) is 9.37 Å². The molecule has 0 saturated heterocycles. The highest BCUT2D eigenvalue weighted by molar-refractivity contribution is 7.15. The molecule has 1 aromatic carbocycles. The molecule has 0 radical (unpaired) electrons. The van der Waals surface area contributed by atoms with E-state index in [2.05, 4.69) is 4.98 Å². The predicted molar refractivity (Wildman–Crippen MR) is 91.2 cm³/mol. The molecule has 0 saturated carbocycles. The average molecular weight is 335 g/mol. The molecule has 0 N–H and O–H groups in total. The van der Waals surface area contributed by atoms with Crippen LogP contribution in [0.25, 0.3) is 10.7 Å². The molecule has 0 amide bonds. The summed E-state index contributed by atoms with van der Waals surface area (Å²) in [5, 5.41) is 9.98. The van der Waals surface area contributed by atoms with E-state index in [-0.39, 0.29) is 11.7 Å². The van der Waals surface area contributed by atoms with Crippen molar-refractivity contribution in [3.05, 3.63) is 70.1 Å². The van der Waals surface area contributed by atoms with E-state index >= 15 is 0 Å². The van der Waals surface area contributed by atoms with Gasteiger partial charge in [-0.15, -0.1) is 11.3 Å². The molecule has 3 nitrogen and oxygen atoms in total. The maximum atomic E-state index is 13.7. The van der Waals surface area contributed by atoms with E-state index < -0.39 is 0 Å². The van der Waals surface area contributed by atoms with Gasteiger partial charge in [-0.3, -0.25) is 4.98 Å². The van der Waals surface area contributed by atoms with Crippen molar-refractivity contribution in [3.63, 3.8) is 0 Å².